The Labute approximate surface area is 110 Å². The van der Waals surface area contributed by atoms with Gasteiger partial charge in [0.2, 0.25) is 0 Å². The fraction of sp³-hybridized carbons (Fsp3) is 0.167. The van der Waals surface area contributed by atoms with Crippen LogP contribution in [-0.2, 0) is 16.0 Å². The summed E-state index contributed by atoms with van der Waals surface area (Å²) in [5.41, 5.74) is -0.0579. The number of carbonyl (C=O) groups excluding carboxylic acids is 1. The molecular formula is C12H8F3NO2S. The van der Waals surface area contributed by atoms with Gasteiger partial charge in [-0.25, -0.2) is 18.2 Å². The van der Waals surface area contributed by atoms with Gasteiger partial charge in [0.1, 0.15) is 22.5 Å². The molecule has 1 heterocycles. The highest BCUT2D eigenvalue weighted by Crippen LogP contribution is 2.29. The van der Waals surface area contributed by atoms with E-state index in [1.165, 1.54) is 12.5 Å². The van der Waals surface area contributed by atoms with Crippen molar-refractivity contribution in [2.24, 2.45) is 0 Å². The molecule has 0 bridgehead atoms. The molecule has 0 fully saturated rings. The van der Waals surface area contributed by atoms with Gasteiger partial charge in [-0.15, -0.1) is 11.3 Å². The molecule has 0 aliphatic rings. The lowest BCUT2D eigenvalue weighted by Gasteiger charge is -2.01. The average molecular weight is 287 g/mol. The zero-order valence-corrected chi connectivity index (χ0v) is 10.6. The Morgan fingerprint density at radius 1 is 1.32 bits per heavy atom. The molecule has 19 heavy (non-hydrogen) atoms. The number of carbonyl (C=O) groups is 1. The molecule has 0 saturated heterocycles. The summed E-state index contributed by atoms with van der Waals surface area (Å²) < 4.78 is 44.3. The van der Waals surface area contributed by atoms with Crippen LogP contribution in [0.2, 0.25) is 0 Å². The topological polar surface area (TPSA) is 39.2 Å². The second kappa shape index (κ2) is 5.40. The van der Waals surface area contributed by atoms with Crippen molar-refractivity contribution in [1.82, 2.24) is 4.98 Å². The molecule has 0 aliphatic carbocycles. The highest BCUT2D eigenvalue weighted by atomic mass is 32.1. The van der Waals surface area contributed by atoms with Gasteiger partial charge < -0.3 is 4.74 Å². The van der Waals surface area contributed by atoms with Crippen LogP contribution < -0.4 is 0 Å². The molecule has 2 rings (SSSR count). The van der Waals surface area contributed by atoms with E-state index in [0.29, 0.717) is 17.8 Å². The Bertz CT molecular complexity index is 604. The molecule has 100 valence electrons. The minimum absolute atomic E-state index is 0.0499. The molecule has 3 nitrogen and oxygen atoms in total. The Balaban J connectivity index is 2.36. The third-order valence-corrected chi connectivity index (χ3v) is 3.23. The lowest BCUT2D eigenvalue weighted by Crippen LogP contribution is -2.04. The first-order valence-electron chi connectivity index (χ1n) is 5.17. The number of benzene rings is 1. The largest absolute Gasteiger partial charge is 0.469 e. The van der Waals surface area contributed by atoms with Crippen LogP contribution in [0.3, 0.4) is 0 Å². The van der Waals surface area contributed by atoms with E-state index in [-0.39, 0.29) is 11.4 Å². The van der Waals surface area contributed by atoms with Crippen molar-refractivity contribution in [2.75, 3.05) is 7.11 Å². The van der Waals surface area contributed by atoms with Gasteiger partial charge in [0.25, 0.3) is 0 Å². The Hall–Kier alpha value is -1.89. The summed E-state index contributed by atoms with van der Waals surface area (Å²) in [6.07, 6.45) is -0.0859. The van der Waals surface area contributed by atoms with Crippen molar-refractivity contribution < 1.29 is 22.7 Å². The standard InChI is InChI=1S/C12H8F3NO2S/c1-18-10(17)4-7-5-19-12(16-7)11-8(14)2-6(13)3-9(11)15/h2-3,5H,4H2,1H3. The quantitative estimate of drug-likeness (QED) is 0.815. The first-order chi connectivity index (χ1) is 9.01. The van der Waals surface area contributed by atoms with E-state index >= 15 is 0 Å². The average Bonchev–Trinajstić information content (AvgIpc) is 2.75. The summed E-state index contributed by atoms with van der Waals surface area (Å²) in [5.74, 6) is -3.56. The maximum atomic E-state index is 13.5. The van der Waals surface area contributed by atoms with Crippen LogP contribution in [0, 0.1) is 17.5 Å². The maximum absolute atomic E-state index is 13.5. The van der Waals surface area contributed by atoms with Gasteiger partial charge in [0, 0.05) is 17.5 Å². The van der Waals surface area contributed by atoms with Gasteiger partial charge in [-0.05, 0) is 0 Å². The van der Waals surface area contributed by atoms with Crippen LogP contribution in [0.25, 0.3) is 10.6 Å². The Kier molecular flexibility index (Phi) is 3.84. The first-order valence-corrected chi connectivity index (χ1v) is 6.05. The van der Waals surface area contributed by atoms with E-state index < -0.39 is 29.0 Å². The summed E-state index contributed by atoms with van der Waals surface area (Å²) in [6, 6.07) is 1.17. The van der Waals surface area contributed by atoms with Crippen molar-refractivity contribution in [2.45, 2.75) is 6.42 Å². The normalized spacial score (nSPS) is 10.5. The first kappa shape index (κ1) is 13.5. The van der Waals surface area contributed by atoms with Crippen LogP contribution >= 0.6 is 11.3 Å². The number of hydrogen-bond acceptors (Lipinski definition) is 4. The minimum Gasteiger partial charge on any atom is -0.469 e. The lowest BCUT2D eigenvalue weighted by atomic mass is 10.2. The molecular weight excluding hydrogens is 279 g/mol. The maximum Gasteiger partial charge on any atom is 0.311 e. The van der Waals surface area contributed by atoms with Crippen molar-refractivity contribution in [3.05, 3.63) is 40.7 Å². The van der Waals surface area contributed by atoms with Crippen molar-refractivity contribution in [3.8, 4) is 10.6 Å². The van der Waals surface area contributed by atoms with Gasteiger partial charge in [0.05, 0.1) is 24.8 Å². The summed E-state index contributed by atoms with van der Waals surface area (Å²) in [7, 11) is 1.23. The molecule has 2 aromatic rings. The number of rotatable bonds is 3. The number of esters is 1. The predicted octanol–water partition coefficient (Wildman–Crippen LogP) is 2.94. The van der Waals surface area contributed by atoms with Gasteiger partial charge in [-0.3, -0.25) is 4.79 Å². The number of halogens is 3. The monoisotopic (exact) mass is 287 g/mol. The number of aromatic nitrogens is 1. The SMILES string of the molecule is COC(=O)Cc1csc(-c2c(F)cc(F)cc2F)n1. The van der Waals surface area contributed by atoms with Crippen LogP contribution in [0.5, 0.6) is 0 Å². The number of ether oxygens (including phenoxy) is 1. The number of thiazole rings is 1. The minimum atomic E-state index is -1.03. The van der Waals surface area contributed by atoms with E-state index in [0.717, 1.165) is 11.3 Å². The molecule has 0 spiro atoms. The van der Waals surface area contributed by atoms with Crippen molar-refractivity contribution in [3.63, 3.8) is 0 Å². The molecule has 0 radical (unpaired) electrons. The summed E-state index contributed by atoms with van der Waals surface area (Å²) >= 11 is 0.968. The van der Waals surface area contributed by atoms with E-state index in [1.54, 1.807) is 0 Å². The second-order valence-electron chi connectivity index (χ2n) is 3.64. The van der Waals surface area contributed by atoms with E-state index in [2.05, 4.69) is 9.72 Å². The van der Waals surface area contributed by atoms with Crippen molar-refractivity contribution in [1.29, 1.82) is 0 Å². The van der Waals surface area contributed by atoms with Gasteiger partial charge in [0.15, 0.2) is 0 Å². The van der Waals surface area contributed by atoms with E-state index in [4.69, 9.17) is 0 Å². The molecule has 0 aliphatic heterocycles. The Morgan fingerprint density at radius 2 is 1.95 bits per heavy atom. The third kappa shape index (κ3) is 2.93. The molecule has 0 unspecified atom stereocenters. The molecule has 0 N–H and O–H groups in total. The summed E-state index contributed by atoms with van der Waals surface area (Å²) in [4.78, 5) is 15.0. The Morgan fingerprint density at radius 3 is 2.53 bits per heavy atom. The van der Waals surface area contributed by atoms with Crippen LogP contribution in [0.1, 0.15) is 5.69 Å². The number of nitrogens with zero attached hydrogens (tertiary/aromatic N) is 1. The number of methoxy groups -OCH3 is 1. The molecule has 7 heteroatoms. The highest BCUT2D eigenvalue weighted by Gasteiger charge is 2.17. The summed E-state index contributed by atoms with van der Waals surface area (Å²) in [5, 5.41) is 1.54. The molecule has 0 atom stereocenters. The lowest BCUT2D eigenvalue weighted by molar-refractivity contribution is -0.139. The molecule has 1 aromatic carbocycles. The molecule has 1 aromatic heterocycles. The van der Waals surface area contributed by atoms with E-state index in [9.17, 15) is 18.0 Å². The second-order valence-corrected chi connectivity index (χ2v) is 4.50. The van der Waals surface area contributed by atoms with Crippen molar-refractivity contribution >= 4 is 17.3 Å². The fourth-order valence-corrected chi connectivity index (χ4v) is 2.34. The smallest absolute Gasteiger partial charge is 0.311 e. The molecule has 0 saturated carbocycles. The zero-order valence-electron chi connectivity index (χ0n) is 9.75. The van der Waals surface area contributed by atoms with Crippen LogP contribution in [0.15, 0.2) is 17.5 Å². The summed E-state index contributed by atoms with van der Waals surface area (Å²) in [6.45, 7) is 0. The highest BCUT2D eigenvalue weighted by molar-refractivity contribution is 7.13. The predicted molar refractivity (Wildman–Crippen MR) is 63.1 cm³/mol. The third-order valence-electron chi connectivity index (χ3n) is 2.33. The molecule has 0 amide bonds. The fourth-order valence-electron chi connectivity index (χ4n) is 1.47. The van der Waals surface area contributed by atoms with Crippen LogP contribution in [-0.4, -0.2) is 18.1 Å². The van der Waals surface area contributed by atoms with Crippen LogP contribution in [0.4, 0.5) is 13.2 Å². The van der Waals surface area contributed by atoms with Gasteiger partial charge >= 0.3 is 5.97 Å². The van der Waals surface area contributed by atoms with Gasteiger partial charge in [-0.2, -0.15) is 0 Å². The number of hydrogen-bond donors (Lipinski definition) is 0. The van der Waals surface area contributed by atoms with Gasteiger partial charge in [-0.1, -0.05) is 0 Å². The van der Waals surface area contributed by atoms with E-state index in [1.807, 2.05) is 0 Å². The zero-order chi connectivity index (χ0) is 14.0.